The summed E-state index contributed by atoms with van der Waals surface area (Å²) in [5.74, 6) is 1.65. The van der Waals surface area contributed by atoms with Crippen molar-refractivity contribution < 1.29 is 19.0 Å². The maximum Gasteiger partial charge on any atom is 0.248 e. The Kier molecular flexibility index (Phi) is 10.6. The van der Waals surface area contributed by atoms with E-state index in [9.17, 15) is 10.1 Å². The molecule has 2 aliphatic rings. The molecule has 0 aliphatic carbocycles. The van der Waals surface area contributed by atoms with Gasteiger partial charge in [0.25, 0.3) is 0 Å². The van der Waals surface area contributed by atoms with Gasteiger partial charge in [-0.15, -0.1) is 0 Å². The topological polar surface area (TPSA) is 121 Å². The molecule has 11 heteroatoms. The predicted molar refractivity (Wildman–Crippen MR) is 188 cm³/mol. The lowest BCUT2D eigenvalue weighted by Crippen LogP contribution is -2.35. The Morgan fingerprint density at radius 1 is 1.10 bits per heavy atom. The predicted octanol–water partition coefficient (Wildman–Crippen LogP) is 6.81. The number of aromatic nitrogens is 1. The van der Waals surface area contributed by atoms with Crippen molar-refractivity contribution in [3.63, 3.8) is 0 Å². The Hall–Kier alpha value is -4.82. The van der Waals surface area contributed by atoms with E-state index < -0.39 is 0 Å². The van der Waals surface area contributed by atoms with Crippen molar-refractivity contribution in [2.24, 2.45) is 0 Å². The molecule has 0 radical (unpaired) electrons. The third-order valence-electron chi connectivity index (χ3n) is 8.64. The lowest BCUT2D eigenvalue weighted by Gasteiger charge is -2.30. The number of benzene rings is 3. The number of piperidine rings is 2. The summed E-state index contributed by atoms with van der Waals surface area (Å²) < 4.78 is 17.7. The smallest absolute Gasteiger partial charge is 0.248 e. The first kappa shape index (κ1) is 33.1. The highest BCUT2D eigenvalue weighted by atomic mass is 35.5. The van der Waals surface area contributed by atoms with Gasteiger partial charge in [0.05, 0.1) is 34.6 Å². The van der Waals surface area contributed by atoms with Crippen molar-refractivity contribution in [1.29, 1.82) is 5.26 Å². The fourth-order valence-electron chi connectivity index (χ4n) is 5.89. The van der Waals surface area contributed by atoms with Gasteiger partial charge in [0.15, 0.2) is 0 Å². The lowest BCUT2D eigenvalue weighted by molar-refractivity contribution is -0.112. The minimum Gasteiger partial charge on any atom is -0.497 e. The number of fused-ring (bicyclic) bond motifs is 1. The SMILES string of the molecule is COc1ccc(COc2ccc(Nc3c(C#N)cnc4cc(OC5CCN(C)CC5)c(NC(=O)C=C5CCNCC5)cc34)cc2Cl)cc1. The van der Waals surface area contributed by atoms with Gasteiger partial charge in [-0.05, 0) is 87.8 Å². The Balaban J connectivity index is 1.29. The second kappa shape index (κ2) is 15.4. The number of amides is 1. The van der Waals surface area contributed by atoms with Gasteiger partial charge < -0.3 is 35.1 Å². The number of anilines is 3. The van der Waals surface area contributed by atoms with Crippen LogP contribution in [-0.4, -0.2) is 62.2 Å². The van der Waals surface area contributed by atoms with Crippen LogP contribution in [0, 0.1) is 11.3 Å². The average molecular weight is 667 g/mol. The first-order chi connectivity index (χ1) is 23.4. The van der Waals surface area contributed by atoms with Crippen LogP contribution in [0.2, 0.25) is 5.02 Å². The van der Waals surface area contributed by atoms with Gasteiger partial charge in [-0.2, -0.15) is 5.26 Å². The van der Waals surface area contributed by atoms with E-state index in [1.807, 2.05) is 42.5 Å². The molecule has 2 saturated heterocycles. The Morgan fingerprint density at radius 3 is 2.58 bits per heavy atom. The molecule has 48 heavy (non-hydrogen) atoms. The summed E-state index contributed by atoms with van der Waals surface area (Å²) >= 11 is 6.65. The minimum absolute atomic E-state index is 0.0145. The van der Waals surface area contributed by atoms with Crippen molar-refractivity contribution in [2.75, 3.05) is 51.0 Å². The zero-order valence-corrected chi connectivity index (χ0v) is 27.9. The maximum atomic E-state index is 13.3. The van der Waals surface area contributed by atoms with Crippen LogP contribution in [0.15, 0.2) is 72.4 Å². The van der Waals surface area contributed by atoms with E-state index >= 15 is 0 Å². The van der Waals surface area contributed by atoms with Gasteiger partial charge in [-0.1, -0.05) is 29.3 Å². The number of methoxy groups -OCH3 is 1. The van der Waals surface area contributed by atoms with E-state index in [2.05, 4.69) is 39.0 Å². The number of hydrogen-bond donors (Lipinski definition) is 3. The molecule has 1 aromatic heterocycles. The largest absolute Gasteiger partial charge is 0.497 e. The monoisotopic (exact) mass is 666 g/mol. The molecule has 3 aromatic carbocycles. The van der Waals surface area contributed by atoms with Crippen LogP contribution in [-0.2, 0) is 11.4 Å². The van der Waals surface area contributed by atoms with E-state index in [1.165, 1.54) is 6.20 Å². The molecule has 2 aliphatic heterocycles. The van der Waals surface area contributed by atoms with Crippen LogP contribution in [0.5, 0.6) is 17.2 Å². The molecule has 1 amide bonds. The van der Waals surface area contributed by atoms with Crippen LogP contribution in [0.1, 0.15) is 36.8 Å². The molecular weight excluding hydrogens is 628 g/mol. The van der Waals surface area contributed by atoms with Crippen molar-refractivity contribution in [2.45, 2.75) is 38.4 Å². The van der Waals surface area contributed by atoms with E-state index in [1.54, 1.807) is 25.3 Å². The molecule has 0 saturated carbocycles. The number of rotatable bonds is 10. The number of carbonyl (C=O) groups excluding carboxylic acids is 1. The number of carbonyl (C=O) groups is 1. The van der Waals surface area contributed by atoms with E-state index in [0.717, 1.165) is 68.7 Å². The minimum atomic E-state index is -0.213. The number of pyridine rings is 1. The average Bonchev–Trinajstić information content (AvgIpc) is 3.10. The number of halogens is 1. The highest BCUT2D eigenvalue weighted by molar-refractivity contribution is 6.32. The highest BCUT2D eigenvalue weighted by Crippen LogP contribution is 2.38. The molecule has 0 bridgehead atoms. The lowest BCUT2D eigenvalue weighted by atomic mass is 10.0. The van der Waals surface area contributed by atoms with Gasteiger partial charge >= 0.3 is 0 Å². The molecule has 0 unspecified atom stereocenters. The number of ether oxygens (including phenoxy) is 3. The molecule has 2 fully saturated rings. The molecule has 248 valence electrons. The number of nitriles is 1. The van der Waals surface area contributed by atoms with Crippen LogP contribution < -0.4 is 30.2 Å². The van der Waals surface area contributed by atoms with Crippen LogP contribution >= 0.6 is 11.6 Å². The van der Waals surface area contributed by atoms with E-state index in [4.69, 9.17) is 25.8 Å². The van der Waals surface area contributed by atoms with Crippen LogP contribution in [0.25, 0.3) is 10.9 Å². The first-order valence-electron chi connectivity index (χ1n) is 16.1. The molecule has 4 aromatic rings. The first-order valence-corrected chi connectivity index (χ1v) is 16.5. The van der Waals surface area contributed by atoms with Crippen molar-refractivity contribution in [1.82, 2.24) is 15.2 Å². The number of nitrogens with one attached hydrogen (secondary N) is 3. The van der Waals surface area contributed by atoms with E-state index in [-0.39, 0.29) is 12.0 Å². The van der Waals surface area contributed by atoms with Gasteiger partial charge in [-0.25, -0.2) is 0 Å². The molecule has 0 spiro atoms. The number of hydrogen-bond acceptors (Lipinski definition) is 9. The third-order valence-corrected chi connectivity index (χ3v) is 8.94. The van der Waals surface area contributed by atoms with Gasteiger partial charge in [-0.3, -0.25) is 9.78 Å². The number of likely N-dealkylation sites (tertiary alicyclic amines) is 1. The highest BCUT2D eigenvalue weighted by Gasteiger charge is 2.22. The molecule has 3 N–H and O–H groups in total. The Morgan fingerprint density at radius 2 is 1.88 bits per heavy atom. The van der Waals surface area contributed by atoms with Crippen molar-refractivity contribution in [3.8, 4) is 23.3 Å². The quantitative estimate of drug-likeness (QED) is 0.157. The standard InChI is InChI=1S/C37H39ClN6O4/c1-44-15-11-29(12-16-44)48-35-20-32-30(19-33(35)43-36(45)17-24-9-13-40-14-10-24)37(26(21-39)22-41-32)42-27-5-8-34(31(38)18-27)47-23-25-3-6-28(46-2)7-4-25/h3-8,17-20,22,29,40H,9-16,23H2,1-2H3,(H,41,42)(H,43,45). The van der Waals surface area contributed by atoms with Crippen LogP contribution in [0.4, 0.5) is 17.1 Å². The summed E-state index contributed by atoms with van der Waals surface area (Å²) in [4.78, 5) is 20.1. The van der Waals surface area contributed by atoms with Crippen molar-refractivity contribution >= 4 is 45.5 Å². The summed E-state index contributed by atoms with van der Waals surface area (Å²) in [6, 6.07) is 18.9. The summed E-state index contributed by atoms with van der Waals surface area (Å²) in [7, 11) is 3.73. The van der Waals surface area contributed by atoms with Gasteiger partial charge in [0.2, 0.25) is 5.91 Å². The maximum absolute atomic E-state index is 13.3. The molecule has 6 rings (SSSR count). The van der Waals surface area contributed by atoms with Crippen LogP contribution in [0.3, 0.4) is 0 Å². The van der Waals surface area contributed by atoms with Gasteiger partial charge in [0, 0.05) is 42.5 Å². The fourth-order valence-corrected chi connectivity index (χ4v) is 6.12. The second-order valence-electron chi connectivity index (χ2n) is 12.1. The third kappa shape index (κ3) is 8.17. The summed E-state index contributed by atoms with van der Waals surface area (Å²) in [6.45, 7) is 3.93. The zero-order chi connectivity index (χ0) is 33.5. The summed E-state index contributed by atoms with van der Waals surface area (Å²) in [5.41, 5.74) is 4.78. The Bertz CT molecular complexity index is 1840. The zero-order valence-electron chi connectivity index (χ0n) is 27.1. The van der Waals surface area contributed by atoms with Crippen molar-refractivity contribution in [3.05, 3.63) is 88.6 Å². The Labute approximate surface area is 285 Å². The van der Waals surface area contributed by atoms with Gasteiger partial charge in [0.1, 0.15) is 36.0 Å². The molecular formula is C37H39ClN6O4. The molecule has 3 heterocycles. The molecule has 0 atom stereocenters. The second-order valence-corrected chi connectivity index (χ2v) is 12.5. The van der Waals surface area contributed by atoms with E-state index in [0.29, 0.717) is 56.7 Å². The summed E-state index contributed by atoms with van der Waals surface area (Å²) in [6.07, 6.45) is 6.68. The number of nitrogens with zero attached hydrogens (tertiary/aromatic N) is 3. The summed E-state index contributed by atoms with van der Waals surface area (Å²) in [5, 5.41) is 20.9. The molecule has 10 nitrogen and oxygen atoms in total. The normalized spacial score (nSPS) is 15.4. The fraction of sp³-hybridized carbons (Fsp3) is 0.324.